The monoisotopic (exact) mass is 298 g/mol. The van der Waals surface area contributed by atoms with Crippen LogP contribution in [0.25, 0.3) is 0 Å². The van der Waals surface area contributed by atoms with Crippen molar-refractivity contribution in [3.63, 3.8) is 0 Å². The van der Waals surface area contributed by atoms with E-state index in [1.54, 1.807) is 0 Å². The molecular weight excluding hydrogens is 268 g/mol. The molecule has 2 fully saturated rings. The molecular formula is C16H30N2O3. The summed E-state index contributed by atoms with van der Waals surface area (Å²) in [6.45, 7) is 11.3. The number of rotatable bonds is 4. The average Bonchev–Trinajstić information content (AvgIpc) is 2.94. The first kappa shape index (κ1) is 16.6. The van der Waals surface area contributed by atoms with E-state index in [0.29, 0.717) is 19.1 Å². The number of amides is 2. The predicted octanol–water partition coefficient (Wildman–Crippen LogP) is 2.61. The van der Waals surface area contributed by atoms with Crippen molar-refractivity contribution in [2.24, 2.45) is 11.8 Å². The molecule has 0 spiro atoms. The van der Waals surface area contributed by atoms with Crippen molar-refractivity contribution in [1.29, 1.82) is 0 Å². The third-order valence-corrected chi connectivity index (χ3v) is 5.16. The van der Waals surface area contributed by atoms with Gasteiger partial charge in [0.15, 0.2) is 5.79 Å². The molecule has 2 rings (SSSR count). The summed E-state index contributed by atoms with van der Waals surface area (Å²) < 4.78 is 11.5. The van der Waals surface area contributed by atoms with Crippen molar-refractivity contribution in [2.75, 3.05) is 26.3 Å². The van der Waals surface area contributed by atoms with Crippen LogP contribution in [0.15, 0.2) is 0 Å². The molecule has 2 heterocycles. The van der Waals surface area contributed by atoms with E-state index in [9.17, 15) is 4.79 Å². The summed E-state index contributed by atoms with van der Waals surface area (Å²) in [7, 11) is 0. The summed E-state index contributed by atoms with van der Waals surface area (Å²) in [5.41, 5.74) is 0. The number of urea groups is 1. The molecule has 2 aliphatic rings. The van der Waals surface area contributed by atoms with Crippen LogP contribution in [-0.2, 0) is 9.47 Å². The molecule has 0 saturated carbocycles. The molecule has 122 valence electrons. The number of hydrogen-bond acceptors (Lipinski definition) is 3. The van der Waals surface area contributed by atoms with Crippen molar-refractivity contribution < 1.29 is 14.3 Å². The molecule has 0 aliphatic carbocycles. The van der Waals surface area contributed by atoms with E-state index >= 15 is 0 Å². The number of carbonyl (C=O) groups excluding carboxylic acids is 1. The van der Waals surface area contributed by atoms with Crippen LogP contribution in [0.1, 0.15) is 47.0 Å². The number of hydrogen-bond donors (Lipinski definition) is 1. The molecule has 0 aromatic heterocycles. The van der Waals surface area contributed by atoms with E-state index in [0.717, 1.165) is 32.4 Å². The second-order valence-corrected chi connectivity index (χ2v) is 6.62. The zero-order chi connectivity index (χ0) is 15.5. The van der Waals surface area contributed by atoms with Crippen LogP contribution >= 0.6 is 0 Å². The molecule has 2 amide bonds. The lowest BCUT2D eigenvalue weighted by Gasteiger charge is -2.40. The van der Waals surface area contributed by atoms with E-state index in [4.69, 9.17) is 9.47 Å². The van der Waals surface area contributed by atoms with Gasteiger partial charge in [0.25, 0.3) is 0 Å². The van der Waals surface area contributed by atoms with Crippen LogP contribution in [0.5, 0.6) is 0 Å². The highest BCUT2D eigenvalue weighted by molar-refractivity contribution is 5.74. The quantitative estimate of drug-likeness (QED) is 0.868. The minimum absolute atomic E-state index is 0.0501. The first-order valence-corrected chi connectivity index (χ1v) is 8.29. The van der Waals surface area contributed by atoms with Gasteiger partial charge in [-0.05, 0) is 32.6 Å². The van der Waals surface area contributed by atoms with Gasteiger partial charge in [0.05, 0.1) is 13.2 Å². The van der Waals surface area contributed by atoms with Gasteiger partial charge in [-0.15, -0.1) is 0 Å². The Kier molecular flexibility index (Phi) is 5.49. The molecule has 5 nitrogen and oxygen atoms in total. The van der Waals surface area contributed by atoms with Crippen molar-refractivity contribution in [3.05, 3.63) is 0 Å². The maximum Gasteiger partial charge on any atom is 0.317 e. The zero-order valence-corrected chi connectivity index (χ0v) is 13.9. The van der Waals surface area contributed by atoms with Crippen LogP contribution in [0.4, 0.5) is 4.79 Å². The summed E-state index contributed by atoms with van der Waals surface area (Å²) >= 11 is 0. The van der Waals surface area contributed by atoms with Gasteiger partial charge in [0, 0.05) is 25.0 Å². The molecule has 2 saturated heterocycles. The normalized spacial score (nSPS) is 28.2. The van der Waals surface area contributed by atoms with Crippen LogP contribution in [0, 0.1) is 11.8 Å². The van der Waals surface area contributed by atoms with Gasteiger partial charge in [0.1, 0.15) is 0 Å². The fourth-order valence-corrected chi connectivity index (χ4v) is 3.14. The molecule has 5 heteroatoms. The summed E-state index contributed by atoms with van der Waals surface area (Å²) in [4.78, 5) is 14.3. The highest BCUT2D eigenvalue weighted by Gasteiger charge is 2.42. The number of piperidine rings is 1. The fourth-order valence-electron chi connectivity index (χ4n) is 3.14. The van der Waals surface area contributed by atoms with Crippen LogP contribution < -0.4 is 5.32 Å². The standard InChI is InChI=1S/C16H30N2O3/c1-5-12(2)13(3)17-15(19)18-8-6-7-14(11-18)16(4)20-9-10-21-16/h12-14H,5-11H2,1-4H3,(H,17,19)/t12-,13-,14+/m0/s1. The third kappa shape index (κ3) is 3.89. The highest BCUT2D eigenvalue weighted by atomic mass is 16.7. The molecule has 0 aromatic carbocycles. The number of likely N-dealkylation sites (tertiary alicyclic amines) is 1. The third-order valence-electron chi connectivity index (χ3n) is 5.16. The van der Waals surface area contributed by atoms with Gasteiger partial charge in [-0.25, -0.2) is 4.79 Å². The molecule has 0 aromatic rings. The van der Waals surface area contributed by atoms with Gasteiger partial charge in [0.2, 0.25) is 0 Å². The van der Waals surface area contributed by atoms with Gasteiger partial charge < -0.3 is 19.7 Å². The maximum absolute atomic E-state index is 12.4. The van der Waals surface area contributed by atoms with Gasteiger partial charge in [-0.2, -0.15) is 0 Å². The van der Waals surface area contributed by atoms with Crippen molar-refractivity contribution in [3.8, 4) is 0 Å². The second kappa shape index (κ2) is 6.97. The number of nitrogens with zero attached hydrogens (tertiary/aromatic N) is 1. The number of carbonyl (C=O) groups is 1. The number of nitrogens with one attached hydrogen (secondary N) is 1. The van der Waals surface area contributed by atoms with Gasteiger partial charge in [-0.3, -0.25) is 0 Å². The van der Waals surface area contributed by atoms with Crippen molar-refractivity contribution in [2.45, 2.75) is 58.8 Å². The molecule has 1 N–H and O–H groups in total. The topological polar surface area (TPSA) is 50.8 Å². The van der Waals surface area contributed by atoms with Crippen molar-refractivity contribution >= 4 is 6.03 Å². The molecule has 2 aliphatic heterocycles. The Balaban J connectivity index is 1.90. The summed E-state index contributed by atoms with van der Waals surface area (Å²) in [6, 6.07) is 0.256. The van der Waals surface area contributed by atoms with Crippen LogP contribution in [-0.4, -0.2) is 49.1 Å². The summed E-state index contributed by atoms with van der Waals surface area (Å²) in [6.07, 6.45) is 3.14. The molecule has 0 radical (unpaired) electrons. The fraction of sp³-hybridized carbons (Fsp3) is 0.938. The predicted molar refractivity (Wildman–Crippen MR) is 82.1 cm³/mol. The van der Waals surface area contributed by atoms with Crippen molar-refractivity contribution in [1.82, 2.24) is 10.2 Å². The second-order valence-electron chi connectivity index (χ2n) is 6.62. The lowest BCUT2D eigenvalue weighted by atomic mass is 9.90. The summed E-state index contributed by atoms with van der Waals surface area (Å²) in [5, 5.41) is 3.13. The van der Waals surface area contributed by atoms with E-state index < -0.39 is 5.79 Å². The lowest BCUT2D eigenvalue weighted by molar-refractivity contribution is -0.189. The molecule has 0 bridgehead atoms. The molecule has 21 heavy (non-hydrogen) atoms. The molecule has 0 unspecified atom stereocenters. The largest absolute Gasteiger partial charge is 0.347 e. The SMILES string of the molecule is CC[C@H](C)[C@H](C)NC(=O)N1CCC[C@@H](C2(C)OCCO2)C1. The summed E-state index contributed by atoms with van der Waals surface area (Å²) in [5.74, 6) is 0.244. The first-order valence-electron chi connectivity index (χ1n) is 8.29. The Hall–Kier alpha value is -0.810. The Morgan fingerprint density at radius 1 is 1.38 bits per heavy atom. The Bertz CT molecular complexity index is 355. The number of ether oxygens (including phenoxy) is 2. The molecule has 3 atom stereocenters. The Morgan fingerprint density at radius 2 is 2.05 bits per heavy atom. The minimum atomic E-state index is -0.513. The van der Waals surface area contributed by atoms with E-state index in [-0.39, 0.29) is 18.0 Å². The minimum Gasteiger partial charge on any atom is -0.347 e. The lowest BCUT2D eigenvalue weighted by Crippen LogP contribution is -2.53. The highest BCUT2D eigenvalue weighted by Crippen LogP contribution is 2.34. The first-order chi connectivity index (χ1) is 9.96. The van der Waals surface area contributed by atoms with Crippen LogP contribution in [0.3, 0.4) is 0 Å². The van der Waals surface area contributed by atoms with E-state index in [2.05, 4.69) is 26.1 Å². The van der Waals surface area contributed by atoms with Gasteiger partial charge in [-0.1, -0.05) is 20.3 Å². The van der Waals surface area contributed by atoms with Gasteiger partial charge >= 0.3 is 6.03 Å². The van der Waals surface area contributed by atoms with Crippen LogP contribution in [0.2, 0.25) is 0 Å². The maximum atomic E-state index is 12.4. The zero-order valence-electron chi connectivity index (χ0n) is 13.9. The van der Waals surface area contributed by atoms with E-state index in [1.807, 2.05) is 11.8 Å². The van der Waals surface area contributed by atoms with E-state index in [1.165, 1.54) is 0 Å². The average molecular weight is 298 g/mol. The Morgan fingerprint density at radius 3 is 2.67 bits per heavy atom. The Labute approximate surface area is 128 Å². The smallest absolute Gasteiger partial charge is 0.317 e.